The van der Waals surface area contributed by atoms with Crippen molar-refractivity contribution >= 4 is 27.4 Å². The lowest BCUT2D eigenvalue weighted by atomic mass is 10.2. The van der Waals surface area contributed by atoms with Crippen LogP contribution in [-0.2, 0) is 10.0 Å². The smallest absolute Gasteiger partial charge is 0.244 e. The topological polar surface area (TPSA) is 91.6 Å². The number of nitrogens with one attached hydrogen (secondary N) is 1. The third-order valence-corrected chi connectivity index (χ3v) is 5.88. The second kappa shape index (κ2) is 6.45. The molecule has 21 heavy (non-hydrogen) atoms. The van der Waals surface area contributed by atoms with E-state index in [1.54, 1.807) is 7.05 Å². The second-order valence-electron chi connectivity index (χ2n) is 5.21. The van der Waals surface area contributed by atoms with Crippen LogP contribution in [0.4, 0.5) is 5.82 Å². The Kier molecular flexibility index (Phi) is 5.05. The number of hydrogen-bond acceptors (Lipinski definition) is 6. The minimum Gasteiger partial charge on any atom is -0.307 e. The lowest BCUT2D eigenvalue weighted by molar-refractivity contribution is 0.271. The van der Waals surface area contributed by atoms with E-state index in [1.807, 2.05) is 7.05 Å². The maximum atomic E-state index is 12.5. The molecule has 3 N–H and O–H groups in total. The van der Waals surface area contributed by atoms with Gasteiger partial charge >= 0.3 is 0 Å². The molecular weight excluding hydrogens is 314 g/mol. The summed E-state index contributed by atoms with van der Waals surface area (Å²) < 4.78 is 26.4. The number of hydrogen-bond donors (Lipinski definition) is 2. The molecule has 118 valence electrons. The van der Waals surface area contributed by atoms with E-state index in [-0.39, 0.29) is 21.8 Å². The van der Waals surface area contributed by atoms with Gasteiger partial charge in [-0.3, -0.25) is 0 Å². The maximum Gasteiger partial charge on any atom is 0.244 e. The third kappa shape index (κ3) is 3.46. The van der Waals surface area contributed by atoms with Crippen LogP contribution in [0.25, 0.3) is 0 Å². The molecule has 0 amide bonds. The van der Waals surface area contributed by atoms with Gasteiger partial charge in [-0.1, -0.05) is 11.6 Å². The summed E-state index contributed by atoms with van der Waals surface area (Å²) in [6, 6.07) is 1.60. The zero-order valence-electron chi connectivity index (χ0n) is 12.1. The summed E-state index contributed by atoms with van der Waals surface area (Å²) >= 11 is 5.94. The number of nitrogen functional groups attached to an aromatic ring is 1. The summed E-state index contributed by atoms with van der Waals surface area (Å²) in [5.41, 5.74) is 2.31. The van der Waals surface area contributed by atoms with Gasteiger partial charge in [0.1, 0.15) is 4.90 Å². The molecule has 1 atom stereocenters. The minimum absolute atomic E-state index is 0.0645. The van der Waals surface area contributed by atoms with Crippen molar-refractivity contribution in [2.75, 3.05) is 32.6 Å². The summed E-state index contributed by atoms with van der Waals surface area (Å²) in [5, 5.41) is 0.171. The van der Waals surface area contributed by atoms with Crippen molar-refractivity contribution in [2.45, 2.75) is 23.8 Å². The van der Waals surface area contributed by atoms with Crippen molar-refractivity contribution in [3.63, 3.8) is 0 Å². The van der Waals surface area contributed by atoms with Gasteiger partial charge in [-0.05, 0) is 32.5 Å². The number of pyridine rings is 1. The molecule has 9 heteroatoms. The fourth-order valence-corrected chi connectivity index (χ4v) is 3.92. The van der Waals surface area contributed by atoms with Crippen molar-refractivity contribution in [1.82, 2.24) is 14.2 Å². The highest BCUT2D eigenvalue weighted by Gasteiger charge is 2.28. The largest absolute Gasteiger partial charge is 0.307 e. The summed E-state index contributed by atoms with van der Waals surface area (Å²) in [7, 11) is -0.0202. The highest BCUT2D eigenvalue weighted by Crippen LogP contribution is 2.24. The summed E-state index contributed by atoms with van der Waals surface area (Å²) in [6.45, 7) is 1.45. The molecule has 1 aromatic heterocycles. The van der Waals surface area contributed by atoms with Crippen LogP contribution in [0.1, 0.15) is 12.8 Å². The number of likely N-dealkylation sites (tertiary alicyclic amines) is 1. The molecule has 1 aromatic rings. The van der Waals surface area contributed by atoms with E-state index in [0.717, 1.165) is 19.4 Å². The van der Waals surface area contributed by atoms with Crippen molar-refractivity contribution < 1.29 is 8.42 Å². The molecule has 1 fully saturated rings. The zero-order chi connectivity index (χ0) is 15.6. The Morgan fingerprint density at radius 1 is 1.62 bits per heavy atom. The molecule has 2 heterocycles. The Balaban J connectivity index is 2.18. The molecule has 1 saturated heterocycles. The molecule has 0 radical (unpaired) electrons. The van der Waals surface area contributed by atoms with Crippen molar-refractivity contribution in [1.29, 1.82) is 0 Å². The van der Waals surface area contributed by atoms with Crippen LogP contribution < -0.4 is 11.3 Å². The third-order valence-electron chi connectivity index (χ3n) is 3.80. The molecule has 1 aliphatic rings. The highest BCUT2D eigenvalue weighted by molar-refractivity contribution is 7.89. The van der Waals surface area contributed by atoms with E-state index < -0.39 is 10.0 Å². The molecule has 1 aliphatic heterocycles. The first-order chi connectivity index (χ1) is 9.86. The first kappa shape index (κ1) is 16.4. The summed E-state index contributed by atoms with van der Waals surface area (Å²) in [6.07, 6.45) is 3.36. The monoisotopic (exact) mass is 333 g/mol. The van der Waals surface area contributed by atoms with E-state index in [4.69, 9.17) is 17.4 Å². The van der Waals surface area contributed by atoms with Gasteiger partial charge < -0.3 is 10.3 Å². The first-order valence-electron chi connectivity index (χ1n) is 6.65. The summed E-state index contributed by atoms with van der Waals surface area (Å²) in [4.78, 5) is 6.15. The van der Waals surface area contributed by atoms with Gasteiger partial charge in [0.25, 0.3) is 0 Å². The number of sulfonamides is 1. The van der Waals surface area contributed by atoms with Crippen LogP contribution in [0, 0.1) is 0 Å². The lowest BCUT2D eigenvalue weighted by Crippen LogP contribution is -2.39. The van der Waals surface area contributed by atoms with Crippen LogP contribution in [-0.4, -0.2) is 55.8 Å². The van der Waals surface area contributed by atoms with Crippen LogP contribution >= 0.6 is 11.6 Å². The number of hydrazine groups is 1. The Hall–Kier alpha value is -0.930. The molecule has 1 unspecified atom stereocenters. The summed E-state index contributed by atoms with van der Waals surface area (Å²) in [5.74, 6) is 5.48. The van der Waals surface area contributed by atoms with Gasteiger partial charge in [0.2, 0.25) is 10.0 Å². The van der Waals surface area contributed by atoms with Crippen molar-refractivity contribution in [3.8, 4) is 0 Å². The molecule has 0 aromatic carbocycles. The Bertz CT molecular complexity index is 610. The standard InChI is InChI=1S/C12H20ClN5O2S/c1-17-5-3-4-9(17)8-18(2)21(19,20)10-6-11(13)12(16-14)15-7-10/h6-7,9H,3-5,8,14H2,1-2H3,(H,15,16). The van der Waals surface area contributed by atoms with Crippen LogP contribution in [0.3, 0.4) is 0 Å². The van der Waals surface area contributed by atoms with Gasteiger partial charge in [0.05, 0.1) is 5.02 Å². The average molecular weight is 334 g/mol. The second-order valence-corrected chi connectivity index (χ2v) is 7.66. The van der Waals surface area contributed by atoms with E-state index in [1.165, 1.54) is 16.6 Å². The quantitative estimate of drug-likeness (QED) is 0.610. The maximum absolute atomic E-state index is 12.5. The fourth-order valence-electron chi connectivity index (χ4n) is 2.45. The SMILES string of the molecule is CN1CCCC1CN(C)S(=O)(=O)c1cnc(NN)c(Cl)c1. The molecule has 2 rings (SSSR count). The molecular formula is C12H20ClN5O2S. The fraction of sp³-hybridized carbons (Fsp3) is 0.583. The van der Waals surface area contributed by atoms with E-state index in [9.17, 15) is 8.42 Å². The van der Waals surface area contributed by atoms with E-state index in [0.29, 0.717) is 6.54 Å². The van der Waals surface area contributed by atoms with Crippen molar-refractivity contribution in [2.24, 2.45) is 5.84 Å². The van der Waals surface area contributed by atoms with Crippen LogP contribution in [0.2, 0.25) is 5.02 Å². The van der Waals surface area contributed by atoms with Crippen LogP contribution in [0.5, 0.6) is 0 Å². The van der Waals surface area contributed by atoms with Gasteiger partial charge in [-0.15, -0.1) is 0 Å². The van der Waals surface area contributed by atoms with Crippen molar-refractivity contribution in [3.05, 3.63) is 17.3 Å². The molecule has 7 nitrogen and oxygen atoms in total. The van der Waals surface area contributed by atoms with Gasteiger partial charge in [0.15, 0.2) is 5.82 Å². The molecule has 0 saturated carbocycles. The number of anilines is 1. The van der Waals surface area contributed by atoms with Crippen LogP contribution in [0.15, 0.2) is 17.2 Å². The number of nitrogens with two attached hydrogens (primary N) is 1. The van der Waals surface area contributed by atoms with Gasteiger partial charge in [0, 0.05) is 25.8 Å². The van der Waals surface area contributed by atoms with E-state index >= 15 is 0 Å². The average Bonchev–Trinajstić information content (AvgIpc) is 2.84. The first-order valence-corrected chi connectivity index (χ1v) is 8.47. The Labute approximate surface area is 130 Å². The number of aromatic nitrogens is 1. The van der Waals surface area contributed by atoms with Gasteiger partial charge in [-0.2, -0.15) is 4.31 Å². The number of rotatable bonds is 5. The number of halogens is 1. The lowest BCUT2D eigenvalue weighted by Gasteiger charge is -2.25. The molecule has 0 bridgehead atoms. The predicted molar refractivity (Wildman–Crippen MR) is 82.5 cm³/mol. The minimum atomic E-state index is -3.61. The number of likely N-dealkylation sites (N-methyl/N-ethyl adjacent to an activating group) is 2. The normalized spacial score (nSPS) is 20.1. The predicted octanol–water partition coefficient (Wildman–Crippen LogP) is 0.735. The Morgan fingerprint density at radius 3 is 2.86 bits per heavy atom. The Morgan fingerprint density at radius 2 is 2.33 bits per heavy atom. The number of nitrogens with zero attached hydrogens (tertiary/aromatic N) is 3. The highest BCUT2D eigenvalue weighted by atomic mass is 35.5. The van der Waals surface area contributed by atoms with E-state index in [2.05, 4.69) is 15.3 Å². The van der Waals surface area contributed by atoms with Gasteiger partial charge in [-0.25, -0.2) is 19.2 Å². The molecule has 0 aliphatic carbocycles. The zero-order valence-corrected chi connectivity index (χ0v) is 13.7. The molecule has 0 spiro atoms.